The van der Waals surface area contributed by atoms with Crippen molar-refractivity contribution in [3.63, 3.8) is 0 Å². The Morgan fingerprint density at radius 3 is 2.70 bits per heavy atom. The highest BCUT2D eigenvalue weighted by molar-refractivity contribution is 5.79. The molecule has 5 nitrogen and oxygen atoms in total. The van der Waals surface area contributed by atoms with Crippen LogP contribution in [0.5, 0.6) is 0 Å². The van der Waals surface area contributed by atoms with Gasteiger partial charge in [-0.25, -0.2) is 4.79 Å². The van der Waals surface area contributed by atoms with Crippen LogP contribution in [0.25, 0.3) is 0 Å². The van der Waals surface area contributed by atoms with Gasteiger partial charge in [-0.3, -0.25) is 4.79 Å². The molecule has 20 heavy (non-hydrogen) atoms. The quantitative estimate of drug-likeness (QED) is 0.869. The van der Waals surface area contributed by atoms with Crippen LogP contribution >= 0.6 is 0 Å². The lowest BCUT2D eigenvalue weighted by molar-refractivity contribution is -0.128. The molecular weight excluding hydrogens is 254 g/mol. The molecule has 1 atom stereocenters. The fourth-order valence-electron chi connectivity index (χ4n) is 2.38. The fourth-order valence-corrected chi connectivity index (χ4v) is 2.38. The first kappa shape index (κ1) is 14.4. The summed E-state index contributed by atoms with van der Waals surface area (Å²) in [5.41, 5.74) is 2.36. The van der Waals surface area contributed by atoms with Gasteiger partial charge in [0.25, 0.3) is 0 Å². The van der Waals surface area contributed by atoms with E-state index in [4.69, 9.17) is 0 Å². The molecule has 1 aliphatic heterocycles. The van der Waals surface area contributed by atoms with Crippen molar-refractivity contribution in [3.8, 4) is 0 Å². The van der Waals surface area contributed by atoms with Crippen LogP contribution in [0, 0.1) is 12.8 Å². The number of carbonyl (C=O) groups is 2. The summed E-state index contributed by atoms with van der Waals surface area (Å²) >= 11 is 0. The van der Waals surface area contributed by atoms with Crippen molar-refractivity contribution in [2.75, 3.05) is 20.1 Å². The second kappa shape index (κ2) is 6.41. The molecule has 108 valence electrons. The molecule has 0 bridgehead atoms. The first-order valence-corrected chi connectivity index (χ1v) is 6.87. The third kappa shape index (κ3) is 3.73. The molecule has 0 spiro atoms. The topological polar surface area (TPSA) is 61.4 Å². The molecule has 2 rings (SSSR count). The van der Waals surface area contributed by atoms with E-state index >= 15 is 0 Å². The van der Waals surface area contributed by atoms with Gasteiger partial charge in [0, 0.05) is 39.0 Å². The minimum atomic E-state index is -0.200. The highest BCUT2D eigenvalue weighted by atomic mass is 16.2. The van der Waals surface area contributed by atoms with E-state index in [1.807, 2.05) is 11.8 Å². The molecule has 0 aromatic heterocycles. The average molecular weight is 275 g/mol. The Hall–Kier alpha value is -2.04. The summed E-state index contributed by atoms with van der Waals surface area (Å²) < 4.78 is 0. The molecular formula is C15H21N3O2. The lowest BCUT2D eigenvalue weighted by atomic mass is 10.1. The predicted molar refractivity (Wildman–Crippen MR) is 77.2 cm³/mol. The first-order chi connectivity index (χ1) is 9.58. The summed E-state index contributed by atoms with van der Waals surface area (Å²) in [7, 11) is 1.58. The van der Waals surface area contributed by atoms with Gasteiger partial charge in [0.2, 0.25) is 5.91 Å². The summed E-state index contributed by atoms with van der Waals surface area (Å²) in [5, 5.41) is 5.27. The molecule has 5 heteroatoms. The van der Waals surface area contributed by atoms with Gasteiger partial charge in [-0.15, -0.1) is 0 Å². The Kier molecular flexibility index (Phi) is 4.61. The van der Waals surface area contributed by atoms with Crippen LogP contribution in [-0.4, -0.2) is 37.0 Å². The Morgan fingerprint density at radius 1 is 1.35 bits per heavy atom. The number of hydrogen-bond acceptors (Lipinski definition) is 2. The van der Waals surface area contributed by atoms with Gasteiger partial charge in [-0.2, -0.15) is 0 Å². The minimum absolute atomic E-state index is 0.161. The van der Waals surface area contributed by atoms with Crippen LogP contribution in [0.4, 0.5) is 4.79 Å². The largest absolute Gasteiger partial charge is 0.341 e. The van der Waals surface area contributed by atoms with Gasteiger partial charge in [-0.05, 0) is 12.5 Å². The fraction of sp³-hybridized carbons (Fsp3) is 0.467. The highest BCUT2D eigenvalue weighted by Gasteiger charge is 2.29. The maximum atomic E-state index is 12.0. The van der Waals surface area contributed by atoms with Crippen molar-refractivity contribution >= 4 is 11.9 Å². The maximum Gasteiger partial charge on any atom is 0.314 e. The maximum absolute atomic E-state index is 12.0. The summed E-state index contributed by atoms with van der Waals surface area (Å²) in [4.78, 5) is 25.0. The van der Waals surface area contributed by atoms with E-state index in [-0.39, 0.29) is 17.9 Å². The summed E-state index contributed by atoms with van der Waals surface area (Å²) in [6.45, 7) is 3.94. The van der Waals surface area contributed by atoms with E-state index in [0.29, 0.717) is 26.1 Å². The van der Waals surface area contributed by atoms with Gasteiger partial charge in [0.1, 0.15) is 0 Å². The van der Waals surface area contributed by atoms with Crippen molar-refractivity contribution in [2.24, 2.45) is 5.92 Å². The normalized spacial score (nSPS) is 18.2. The third-order valence-electron chi connectivity index (χ3n) is 3.57. The number of carbonyl (C=O) groups excluding carboxylic acids is 2. The lowest BCUT2D eigenvalue weighted by Crippen LogP contribution is -2.36. The summed E-state index contributed by atoms with van der Waals surface area (Å²) in [6, 6.07) is 8.02. The van der Waals surface area contributed by atoms with Crippen LogP contribution in [0.1, 0.15) is 17.5 Å². The monoisotopic (exact) mass is 275 g/mol. The highest BCUT2D eigenvalue weighted by Crippen LogP contribution is 2.19. The summed E-state index contributed by atoms with van der Waals surface area (Å²) in [5.74, 6) is 0.361. The molecule has 1 aromatic carbocycles. The number of likely N-dealkylation sites (tertiary alicyclic amines) is 1. The van der Waals surface area contributed by atoms with Crippen LogP contribution < -0.4 is 10.6 Å². The number of rotatable bonds is 4. The molecule has 2 N–H and O–H groups in total. The van der Waals surface area contributed by atoms with E-state index in [9.17, 15) is 9.59 Å². The first-order valence-electron chi connectivity index (χ1n) is 6.87. The standard InChI is InChI=1S/C15H21N3O2/c1-11-3-5-12(6-4-11)9-18-10-13(7-14(18)19)8-17-15(20)16-2/h3-6,13H,7-10H2,1-2H3,(H2,16,17,20). The van der Waals surface area contributed by atoms with Crippen LogP contribution in [0.15, 0.2) is 24.3 Å². The molecule has 0 aliphatic carbocycles. The Bertz CT molecular complexity index is 484. The summed E-state index contributed by atoms with van der Waals surface area (Å²) in [6.07, 6.45) is 0.510. The molecule has 0 saturated carbocycles. The third-order valence-corrected chi connectivity index (χ3v) is 3.57. The van der Waals surface area contributed by atoms with Crippen molar-refractivity contribution in [1.82, 2.24) is 15.5 Å². The minimum Gasteiger partial charge on any atom is -0.341 e. The van der Waals surface area contributed by atoms with Crippen molar-refractivity contribution < 1.29 is 9.59 Å². The lowest BCUT2D eigenvalue weighted by Gasteiger charge is -2.17. The van der Waals surface area contributed by atoms with Crippen LogP contribution in [-0.2, 0) is 11.3 Å². The second-order valence-corrected chi connectivity index (χ2v) is 5.29. The number of urea groups is 1. The predicted octanol–water partition coefficient (Wildman–Crippen LogP) is 1.27. The second-order valence-electron chi connectivity index (χ2n) is 5.29. The van der Waals surface area contributed by atoms with E-state index in [0.717, 1.165) is 5.56 Å². The molecule has 1 heterocycles. The SMILES string of the molecule is CNC(=O)NCC1CC(=O)N(Cc2ccc(C)cc2)C1. The number of nitrogens with one attached hydrogen (secondary N) is 2. The molecule has 1 saturated heterocycles. The number of amides is 3. The van der Waals surface area contributed by atoms with Crippen LogP contribution in [0.3, 0.4) is 0 Å². The van der Waals surface area contributed by atoms with E-state index in [1.165, 1.54) is 5.56 Å². The molecule has 1 aliphatic rings. The van der Waals surface area contributed by atoms with Crippen LogP contribution in [0.2, 0.25) is 0 Å². The van der Waals surface area contributed by atoms with Gasteiger partial charge in [0.15, 0.2) is 0 Å². The number of nitrogens with zero attached hydrogens (tertiary/aromatic N) is 1. The van der Waals surface area contributed by atoms with Gasteiger partial charge >= 0.3 is 6.03 Å². The zero-order valence-corrected chi connectivity index (χ0v) is 12.0. The van der Waals surface area contributed by atoms with Gasteiger partial charge in [-0.1, -0.05) is 29.8 Å². The van der Waals surface area contributed by atoms with Gasteiger partial charge < -0.3 is 15.5 Å². The smallest absolute Gasteiger partial charge is 0.314 e. The number of aryl methyl sites for hydroxylation is 1. The molecule has 1 aromatic rings. The molecule has 1 unspecified atom stereocenters. The Labute approximate surface area is 119 Å². The molecule has 3 amide bonds. The van der Waals surface area contributed by atoms with Crippen molar-refractivity contribution in [2.45, 2.75) is 19.9 Å². The zero-order chi connectivity index (χ0) is 14.5. The Balaban J connectivity index is 1.86. The Morgan fingerprint density at radius 2 is 2.05 bits per heavy atom. The van der Waals surface area contributed by atoms with E-state index in [1.54, 1.807) is 7.05 Å². The van der Waals surface area contributed by atoms with Gasteiger partial charge in [0.05, 0.1) is 0 Å². The zero-order valence-electron chi connectivity index (χ0n) is 12.0. The molecule has 0 radical (unpaired) electrons. The average Bonchev–Trinajstić information content (AvgIpc) is 2.79. The van der Waals surface area contributed by atoms with E-state index < -0.39 is 0 Å². The van der Waals surface area contributed by atoms with Crippen molar-refractivity contribution in [1.29, 1.82) is 0 Å². The number of benzene rings is 1. The van der Waals surface area contributed by atoms with Crippen molar-refractivity contribution in [3.05, 3.63) is 35.4 Å². The van der Waals surface area contributed by atoms with E-state index in [2.05, 4.69) is 34.9 Å². The number of hydrogen-bond donors (Lipinski definition) is 2. The molecule has 1 fully saturated rings.